The van der Waals surface area contributed by atoms with Crippen LogP contribution >= 0.6 is 27.7 Å². The topological polar surface area (TPSA) is 53.1 Å². The van der Waals surface area contributed by atoms with Crippen molar-refractivity contribution in [1.82, 2.24) is 0 Å². The lowest BCUT2D eigenvalue weighted by atomic mass is 10.1. The van der Waals surface area contributed by atoms with E-state index in [4.69, 9.17) is 11.1 Å². The summed E-state index contributed by atoms with van der Waals surface area (Å²) in [6.45, 7) is 5.62. The van der Waals surface area contributed by atoms with E-state index in [9.17, 15) is 0 Å². The first-order valence-corrected chi connectivity index (χ1v) is 7.87. The average molecular weight is 328 g/mol. The summed E-state index contributed by atoms with van der Waals surface area (Å²) in [6.07, 6.45) is 0. The van der Waals surface area contributed by atoms with E-state index in [1.165, 1.54) is 5.69 Å². The highest BCUT2D eigenvalue weighted by atomic mass is 79.9. The van der Waals surface area contributed by atoms with Crippen molar-refractivity contribution in [1.29, 1.82) is 5.41 Å². The molecule has 3 nitrogen and oxygen atoms in total. The molecule has 1 aliphatic heterocycles. The number of thioether (sulfide) groups is 1. The normalized spacial score (nSPS) is 24.1. The smallest absolute Gasteiger partial charge is 0.123 e. The molecule has 0 bridgehead atoms. The molecule has 2 unspecified atom stereocenters. The molecule has 1 fully saturated rings. The third-order valence-electron chi connectivity index (χ3n) is 3.46. The van der Waals surface area contributed by atoms with Crippen molar-refractivity contribution in [2.75, 3.05) is 17.2 Å². The summed E-state index contributed by atoms with van der Waals surface area (Å²) in [7, 11) is 0. The number of nitrogens with one attached hydrogen (secondary N) is 1. The summed E-state index contributed by atoms with van der Waals surface area (Å²) in [4.78, 5) is 2.43. The van der Waals surface area contributed by atoms with Gasteiger partial charge in [0.05, 0.1) is 0 Å². The molecule has 98 valence electrons. The predicted molar refractivity (Wildman–Crippen MR) is 83.9 cm³/mol. The van der Waals surface area contributed by atoms with E-state index in [0.717, 1.165) is 22.3 Å². The van der Waals surface area contributed by atoms with Gasteiger partial charge in [-0.25, -0.2) is 0 Å². The molecule has 5 heteroatoms. The van der Waals surface area contributed by atoms with Gasteiger partial charge in [-0.05, 0) is 41.1 Å². The lowest BCUT2D eigenvalue weighted by Crippen LogP contribution is -2.44. The number of amidine groups is 1. The number of hydrogen-bond donors (Lipinski definition) is 2. The highest BCUT2D eigenvalue weighted by molar-refractivity contribution is 9.10. The van der Waals surface area contributed by atoms with Gasteiger partial charge in [-0.3, -0.25) is 5.41 Å². The van der Waals surface area contributed by atoms with Crippen LogP contribution in [-0.4, -0.2) is 29.4 Å². The number of benzene rings is 1. The number of nitrogens with two attached hydrogens (primary N) is 1. The van der Waals surface area contributed by atoms with Gasteiger partial charge in [0, 0.05) is 39.3 Å². The van der Waals surface area contributed by atoms with E-state index in [1.54, 1.807) is 0 Å². The minimum atomic E-state index is 0.101. The molecule has 1 heterocycles. The van der Waals surface area contributed by atoms with E-state index in [-0.39, 0.29) is 5.84 Å². The highest BCUT2D eigenvalue weighted by Gasteiger charge is 2.25. The van der Waals surface area contributed by atoms with Crippen LogP contribution in [-0.2, 0) is 0 Å². The number of nitrogen functional groups attached to an aromatic ring is 1. The fourth-order valence-electron chi connectivity index (χ4n) is 2.20. The molecule has 1 aromatic carbocycles. The van der Waals surface area contributed by atoms with Crippen LogP contribution in [0.3, 0.4) is 0 Å². The zero-order valence-electron chi connectivity index (χ0n) is 10.6. The Kier molecular flexibility index (Phi) is 4.22. The molecule has 2 atom stereocenters. The van der Waals surface area contributed by atoms with Gasteiger partial charge in [0.15, 0.2) is 0 Å². The minimum absolute atomic E-state index is 0.101. The lowest BCUT2D eigenvalue weighted by Gasteiger charge is -2.39. The van der Waals surface area contributed by atoms with Gasteiger partial charge < -0.3 is 10.6 Å². The van der Waals surface area contributed by atoms with E-state index >= 15 is 0 Å². The Balaban J connectivity index is 2.28. The molecule has 1 aliphatic rings. The Labute approximate surface area is 121 Å². The predicted octanol–water partition coefficient (Wildman–Crippen LogP) is 3.06. The molecule has 0 aromatic heterocycles. The average Bonchev–Trinajstić information content (AvgIpc) is 2.32. The van der Waals surface area contributed by atoms with Crippen LogP contribution in [0.25, 0.3) is 0 Å². The first-order chi connectivity index (χ1) is 8.50. The molecule has 0 amide bonds. The molecule has 3 N–H and O–H groups in total. The van der Waals surface area contributed by atoms with Crippen LogP contribution in [0.2, 0.25) is 0 Å². The molecule has 2 rings (SSSR count). The molecular formula is C13H18BrN3S. The van der Waals surface area contributed by atoms with Crippen molar-refractivity contribution in [3.05, 3.63) is 28.2 Å². The molecule has 1 saturated heterocycles. The Bertz CT molecular complexity index is 464. The summed E-state index contributed by atoms with van der Waals surface area (Å²) in [5.74, 6) is 1.27. The van der Waals surface area contributed by atoms with Crippen LogP contribution in [0.4, 0.5) is 5.69 Å². The second kappa shape index (κ2) is 5.53. The van der Waals surface area contributed by atoms with Gasteiger partial charge in [0.25, 0.3) is 0 Å². The number of nitrogens with zero attached hydrogens (tertiary/aromatic N) is 1. The molecule has 18 heavy (non-hydrogen) atoms. The Morgan fingerprint density at radius 2 is 2.22 bits per heavy atom. The lowest BCUT2D eigenvalue weighted by molar-refractivity contribution is 0.627. The van der Waals surface area contributed by atoms with Crippen LogP contribution < -0.4 is 10.6 Å². The fraction of sp³-hybridized carbons (Fsp3) is 0.462. The zero-order valence-corrected chi connectivity index (χ0v) is 13.0. The summed E-state index contributed by atoms with van der Waals surface area (Å²) in [6, 6.07) is 6.57. The van der Waals surface area contributed by atoms with E-state index in [2.05, 4.69) is 46.8 Å². The number of halogens is 1. The van der Waals surface area contributed by atoms with Gasteiger partial charge in [-0.1, -0.05) is 6.92 Å². The second-order valence-electron chi connectivity index (χ2n) is 4.59. The van der Waals surface area contributed by atoms with Crippen molar-refractivity contribution >= 4 is 39.2 Å². The minimum Gasteiger partial charge on any atom is -0.384 e. The third kappa shape index (κ3) is 2.67. The van der Waals surface area contributed by atoms with Crippen molar-refractivity contribution in [3.63, 3.8) is 0 Å². The number of hydrogen-bond acceptors (Lipinski definition) is 3. The SMILES string of the molecule is CC1SCCN(c2ccc(C(=N)N)c(Br)c2)C1C. The van der Waals surface area contributed by atoms with Crippen molar-refractivity contribution in [3.8, 4) is 0 Å². The Morgan fingerprint density at radius 3 is 2.83 bits per heavy atom. The van der Waals surface area contributed by atoms with Gasteiger partial charge >= 0.3 is 0 Å². The van der Waals surface area contributed by atoms with Crippen LogP contribution in [0, 0.1) is 5.41 Å². The summed E-state index contributed by atoms with van der Waals surface area (Å²) < 4.78 is 0.894. The monoisotopic (exact) mass is 327 g/mol. The molecular weight excluding hydrogens is 310 g/mol. The van der Waals surface area contributed by atoms with Crippen molar-refractivity contribution < 1.29 is 0 Å². The van der Waals surface area contributed by atoms with Crippen LogP contribution in [0.1, 0.15) is 19.4 Å². The molecule has 0 spiro atoms. The largest absolute Gasteiger partial charge is 0.384 e. The second-order valence-corrected chi connectivity index (χ2v) is 6.93. The maximum Gasteiger partial charge on any atom is 0.123 e. The first-order valence-electron chi connectivity index (χ1n) is 6.03. The van der Waals surface area contributed by atoms with E-state index in [0.29, 0.717) is 11.3 Å². The maximum atomic E-state index is 7.49. The maximum absolute atomic E-state index is 7.49. The Hall–Kier alpha value is -0.680. The van der Waals surface area contributed by atoms with Gasteiger partial charge in [-0.2, -0.15) is 11.8 Å². The van der Waals surface area contributed by atoms with Crippen molar-refractivity contribution in [2.24, 2.45) is 5.73 Å². The standard InChI is InChI=1S/C13H18BrN3S/c1-8-9(2)18-6-5-17(8)10-3-4-11(13(15)16)12(14)7-10/h3-4,7-9H,5-6H2,1-2H3,(H3,15,16). The van der Waals surface area contributed by atoms with Crippen molar-refractivity contribution in [2.45, 2.75) is 25.1 Å². The molecule has 1 aromatic rings. The highest BCUT2D eigenvalue weighted by Crippen LogP contribution is 2.31. The fourth-order valence-corrected chi connectivity index (χ4v) is 3.88. The molecule has 0 aliphatic carbocycles. The van der Waals surface area contributed by atoms with E-state index in [1.807, 2.05) is 17.8 Å². The zero-order chi connectivity index (χ0) is 13.3. The van der Waals surface area contributed by atoms with Gasteiger partial charge in [0.1, 0.15) is 5.84 Å². The quantitative estimate of drug-likeness (QED) is 0.648. The van der Waals surface area contributed by atoms with Gasteiger partial charge in [-0.15, -0.1) is 0 Å². The number of anilines is 1. The molecule has 0 radical (unpaired) electrons. The third-order valence-corrected chi connectivity index (χ3v) is 5.45. The van der Waals surface area contributed by atoms with E-state index < -0.39 is 0 Å². The first kappa shape index (κ1) is 13.7. The molecule has 0 saturated carbocycles. The summed E-state index contributed by atoms with van der Waals surface area (Å²) in [5, 5.41) is 8.14. The Morgan fingerprint density at radius 1 is 1.50 bits per heavy atom. The van der Waals surface area contributed by atoms with Crippen LogP contribution in [0.15, 0.2) is 22.7 Å². The summed E-state index contributed by atoms with van der Waals surface area (Å²) >= 11 is 5.53. The van der Waals surface area contributed by atoms with Crippen LogP contribution in [0.5, 0.6) is 0 Å². The summed E-state index contributed by atoms with van der Waals surface area (Å²) in [5.41, 5.74) is 7.48. The number of rotatable bonds is 2. The van der Waals surface area contributed by atoms with Gasteiger partial charge in [0.2, 0.25) is 0 Å².